The summed E-state index contributed by atoms with van der Waals surface area (Å²) in [7, 11) is 0. The van der Waals surface area contributed by atoms with Crippen LogP contribution in [0.2, 0.25) is 0 Å². The first-order valence-electron chi connectivity index (χ1n) is 16.0. The molecule has 3 atom stereocenters. The van der Waals surface area contributed by atoms with Crippen molar-refractivity contribution in [3.05, 3.63) is 35.4 Å². The van der Waals surface area contributed by atoms with Gasteiger partial charge in [-0.2, -0.15) is 0 Å². The van der Waals surface area contributed by atoms with Gasteiger partial charge in [-0.25, -0.2) is 4.79 Å². The first-order valence-corrected chi connectivity index (χ1v) is 16.0. The molecule has 43 heavy (non-hydrogen) atoms. The number of nitrogens with two attached hydrogens (primary N) is 2. The second-order valence-corrected chi connectivity index (χ2v) is 12.0. The van der Waals surface area contributed by atoms with E-state index in [1.54, 1.807) is 6.92 Å². The average molecular weight is 598 g/mol. The minimum Gasteiger partial charge on any atom is -0.464 e. The van der Waals surface area contributed by atoms with Gasteiger partial charge in [0.15, 0.2) is 5.96 Å². The standard InChI is InChI=1S/C32H51N7O4/c1-2-43-31(42)26(14-9-19-37-32(35)36)38-30(41)27(23-12-7-4-8-13-23)39-29(40)25(22-10-5-3-6-11-22)20-21-15-17-24(18-16-21)28(33)34/h15-18,22-23,25-27H,2-14,19-20H2,1H3,(H3,33,34)(H,38,41)(H,39,40)(H4,35,36,37)/t25?,26-,27-/m0/s1. The Kier molecular flexibility index (Phi) is 13.8. The van der Waals surface area contributed by atoms with Crippen LogP contribution in [0.15, 0.2) is 24.3 Å². The van der Waals surface area contributed by atoms with Crippen molar-refractivity contribution in [3.8, 4) is 0 Å². The molecule has 3 rings (SSSR count). The molecule has 0 aliphatic heterocycles. The van der Waals surface area contributed by atoms with Crippen molar-refractivity contribution < 1.29 is 19.1 Å². The summed E-state index contributed by atoms with van der Waals surface area (Å²) in [6.07, 6.45) is 11.4. The number of ether oxygens (including phenoxy) is 1. The zero-order valence-corrected chi connectivity index (χ0v) is 25.6. The first kappa shape index (κ1) is 33.9. The summed E-state index contributed by atoms with van der Waals surface area (Å²) >= 11 is 0. The van der Waals surface area contributed by atoms with Crippen LogP contribution in [0.25, 0.3) is 0 Å². The van der Waals surface area contributed by atoms with Crippen LogP contribution in [0, 0.1) is 28.6 Å². The molecule has 0 aromatic heterocycles. The van der Waals surface area contributed by atoms with Crippen LogP contribution in [0.3, 0.4) is 0 Å². The summed E-state index contributed by atoms with van der Waals surface area (Å²) in [5, 5.41) is 23.8. The van der Waals surface area contributed by atoms with Crippen molar-refractivity contribution in [2.75, 3.05) is 13.2 Å². The van der Waals surface area contributed by atoms with Crippen LogP contribution in [0.5, 0.6) is 0 Å². The van der Waals surface area contributed by atoms with Gasteiger partial charge in [-0.15, -0.1) is 0 Å². The van der Waals surface area contributed by atoms with Crippen molar-refractivity contribution in [2.45, 2.75) is 102 Å². The molecule has 0 bridgehead atoms. The third kappa shape index (κ3) is 10.9. The van der Waals surface area contributed by atoms with Crippen molar-refractivity contribution in [1.82, 2.24) is 16.0 Å². The van der Waals surface area contributed by atoms with Gasteiger partial charge in [0.1, 0.15) is 17.9 Å². The van der Waals surface area contributed by atoms with Gasteiger partial charge in [0.25, 0.3) is 0 Å². The van der Waals surface area contributed by atoms with Crippen LogP contribution >= 0.6 is 0 Å². The van der Waals surface area contributed by atoms with Crippen LogP contribution in [0.1, 0.15) is 95.1 Å². The Morgan fingerprint density at radius 3 is 2.05 bits per heavy atom. The summed E-state index contributed by atoms with van der Waals surface area (Å²) < 4.78 is 5.25. The second-order valence-electron chi connectivity index (χ2n) is 12.0. The molecule has 238 valence electrons. The maximum atomic E-state index is 14.1. The Hall–Kier alpha value is -3.63. The lowest BCUT2D eigenvalue weighted by atomic mass is 9.76. The Labute approximate surface area is 255 Å². The lowest BCUT2D eigenvalue weighted by molar-refractivity contribution is -0.148. The molecule has 0 heterocycles. The highest BCUT2D eigenvalue weighted by Crippen LogP contribution is 2.33. The van der Waals surface area contributed by atoms with Crippen LogP contribution < -0.4 is 27.4 Å². The summed E-state index contributed by atoms with van der Waals surface area (Å²) in [5.74, 6) is -1.22. The van der Waals surface area contributed by atoms with E-state index in [0.717, 1.165) is 63.4 Å². The highest BCUT2D eigenvalue weighted by Gasteiger charge is 2.37. The number of carbonyl (C=O) groups is 3. The fourth-order valence-corrected chi connectivity index (χ4v) is 6.49. The predicted molar refractivity (Wildman–Crippen MR) is 167 cm³/mol. The number of amides is 2. The van der Waals surface area contributed by atoms with E-state index < -0.39 is 18.1 Å². The van der Waals surface area contributed by atoms with Crippen molar-refractivity contribution in [2.24, 2.45) is 29.2 Å². The van der Waals surface area contributed by atoms with Gasteiger partial charge in [0, 0.05) is 18.0 Å². The Morgan fingerprint density at radius 1 is 0.884 bits per heavy atom. The second kappa shape index (κ2) is 17.5. The van der Waals surface area contributed by atoms with E-state index in [0.29, 0.717) is 31.4 Å². The Balaban J connectivity index is 1.79. The number of carbonyl (C=O) groups excluding carboxylic acids is 3. The van der Waals surface area contributed by atoms with Crippen molar-refractivity contribution in [1.29, 1.82) is 10.8 Å². The third-order valence-electron chi connectivity index (χ3n) is 8.85. The zero-order valence-electron chi connectivity index (χ0n) is 25.6. The smallest absolute Gasteiger partial charge is 0.328 e. The molecule has 9 N–H and O–H groups in total. The third-order valence-corrected chi connectivity index (χ3v) is 8.85. The Bertz CT molecular complexity index is 1080. The molecule has 1 unspecified atom stereocenters. The normalized spacial score (nSPS) is 18.1. The fourth-order valence-electron chi connectivity index (χ4n) is 6.49. The molecule has 2 saturated carbocycles. The quantitative estimate of drug-likeness (QED) is 0.0698. The number of benzene rings is 1. The first-order chi connectivity index (χ1) is 20.7. The van der Waals surface area contributed by atoms with E-state index in [1.165, 1.54) is 6.42 Å². The van der Waals surface area contributed by atoms with Gasteiger partial charge in [0.2, 0.25) is 11.8 Å². The van der Waals surface area contributed by atoms with Crippen molar-refractivity contribution >= 4 is 29.6 Å². The maximum Gasteiger partial charge on any atom is 0.328 e. The van der Waals surface area contributed by atoms with Gasteiger partial charge in [-0.05, 0) is 69.3 Å². The van der Waals surface area contributed by atoms with Gasteiger partial charge in [-0.3, -0.25) is 20.4 Å². The van der Waals surface area contributed by atoms with Crippen molar-refractivity contribution in [3.63, 3.8) is 0 Å². The van der Waals surface area contributed by atoms with Gasteiger partial charge >= 0.3 is 5.97 Å². The van der Waals surface area contributed by atoms with Gasteiger partial charge in [-0.1, -0.05) is 62.8 Å². The van der Waals surface area contributed by atoms with Crippen LogP contribution in [0.4, 0.5) is 0 Å². The summed E-state index contributed by atoms with van der Waals surface area (Å²) in [4.78, 5) is 40.7. The molecule has 1 aromatic rings. The molecule has 0 spiro atoms. The Morgan fingerprint density at radius 2 is 1.49 bits per heavy atom. The van der Waals surface area contributed by atoms with E-state index >= 15 is 0 Å². The molecule has 11 nitrogen and oxygen atoms in total. The molecule has 0 saturated heterocycles. The molecular weight excluding hydrogens is 546 g/mol. The number of amidine groups is 1. The lowest BCUT2D eigenvalue weighted by Crippen LogP contribution is -2.56. The lowest BCUT2D eigenvalue weighted by Gasteiger charge is -2.34. The SMILES string of the molecule is CCOC(=O)[C@H](CCCNC(=N)N)NC(=O)[C@@H](NC(=O)C(Cc1ccc(C(=N)N)cc1)C1CCCCC1)C1CCCCC1. The van der Waals surface area contributed by atoms with Crippen LogP contribution in [-0.2, 0) is 25.5 Å². The van der Waals surface area contributed by atoms with E-state index in [2.05, 4.69) is 16.0 Å². The highest BCUT2D eigenvalue weighted by molar-refractivity contribution is 5.95. The molecule has 11 heteroatoms. The van der Waals surface area contributed by atoms with E-state index in [4.69, 9.17) is 27.0 Å². The molecule has 1 aromatic carbocycles. The number of esters is 1. The molecule has 0 radical (unpaired) electrons. The average Bonchev–Trinajstić information content (AvgIpc) is 3.01. The number of nitrogen functional groups attached to an aromatic ring is 1. The monoisotopic (exact) mass is 597 g/mol. The molecule has 2 aliphatic rings. The number of nitrogens with one attached hydrogen (secondary N) is 5. The number of hydrogen-bond donors (Lipinski definition) is 7. The molecule has 2 amide bonds. The maximum absolute atomic E-state index is 14.1. The van der Waals surface area contributed by atoms with E-state index in [9.17, 15) is 14.4 Å². The molecule has 2 fully saturated rings. The summed E-state index contributed by atoms with van der Waals surface area (Å²) in [6.45, 7) is 2.30. The fraction of sp³-hybridized carbons (Fsp3) is 0.656. The van der Waals surface area contributed by atoms with Gasteiger partial charge in [0.05, 0.1) is 6.61 Å². The largest absolute Gasteiger partial charge is 0.464 e. The minimum atomic E-state index is -0.863. The van der Waals surface area contributed by atoms with Crippen LogP contribution in [-0.4, -0.2) is 54.8 Å². The highest BCUT2D eigenvalue weighted by atomic mass is 16.5. The van der Waals surface area contributed by atoms with Gasteiger partial charge < -0.3 is 32.2 Å². The predicted octanol–water partition coefficient (Wildman–Crippen LogP) is 3.09. The molecular formula is C32H51N7O4. The number of hydrogen-bond acceptors (Lipinski definition) is 6. The summed E-state index contributed by atoms with van der Waals surface area (Å²) in [6, 6.07) is 5.87. The molecule has 2 aliphatic carbocycles. The minimum absolute atomic E-state index is 0.00528. The van der Waals surface area contributed by atoms with E-state index in [-0.39, 0.29) is 48.0 Å². The topological polar surface area (TPSA) is 196 Å². The zero-order chi connectivity index (χ0) is 31.2. The van der Waals surface area contributed by atoms with E-state index in [1.807, 2.05) is 24.3 Å². The number of rotatable bonds is 15. The summed E-state index contributed by atoms with van der Waals surface area (Å²) in [5.41, 5.74) is 12.6. The number of guanidine groups is 1.